The van der Waals surface area contributed by atoms with Crippen molar-refractivity contribution in [3.8, 4) is 0 Å². The summed E-state index contributed by atoms with van der Waals surface area (Å²) in [7, 11) is 1.74. The number of rotatable bonds is 5. The van der Waals surface area contributed by atoms with E-state index in [2.05, 4.69) is 0 Å². The highest BCUT2D eigenvalue weighted by atomic mass is 19.4. The van der Waals surface area contributed by atoms with Gasteiger partial charge in [0.15, 0.2) is 6.29 Å². The molecular formula is C15H25F3O3. The molecule has 0 amide bonds. The molecule has 0 atom stereocenters. The Kier molecular flexibility index (Phi) is 6.32. The molecule has 0 aromatic carbocycles. The van der Waals surface area contributed by atoms with E-state index in [-0.39, 0.29) is 18.6 Å². The summed E-state index contributed by atoms with van der Waals surface area (Å²) < 4.78 is 53.1. The SMILES string of the molecule is CO[C@H]1CC[C@H]([C@H]2OC[C@H](CCCC(F)(F)F)CO2)CC1. The number of methoxy groups -OCH3 is 1. The van der Waals surface area contributed by atoms with Crippen LogP contribution in [-0.2, 0) is 14.2 Å². The molecule has 2 fully saturated rings. The summed E-state index contributed by atoms with van der Waals surface area (Å²) in [6.45, 7) is 1.04. The van der Waals surface area contributed by atoms with Gasteiger partial charge in [-0.05, 0) is 38.5 Å². The predicted octanol–water partition coefficient (Wildman–Crippen LogP) is 3.91. The number of alkyl halides is 3. The first-order valence-corrected chi connectivity index (χ1v) is 7.80. The summed E-state index contributed by atoms with van der Waals surface area (Å²) in [6, 6.07) is 0. The zero-order valence-corrected chi connectivity index (χ0v) is 12.5. The summed E-state index contributed by atoms with van der Waals surface area (Å²) >= 11 is 0. The zero-order chi connectivity index (χ0) is 15.3. The molecule has 0 unspecified atom stereocenters. The van der Waals surface area contributed by atoms with Crippen molar-refractivity contribution in [2.24, 2.45) is 11.8 Å². The van der Waals surface area contributed by atoms with E-state index in [9.17, 15) is 13.2 Å². The monoisotopic (exact) mass is 310 g/mol. The van der Waals surface area contributed by atoms with Crippen LogP contribution in [0, 0.1) is 11.8 Å². The molecular weight excluding hydrogens is 285 g/mol. The van der Waals surface area contributed by atoms with Crippen molar-refractivity contribution in [1.29, 1.82) is 0 Å². The van der Waals surface area contributed by atoms with Crippen molar-refractivity contribution in [3.63, 3.8) is 0 Å². The summed E-state index contributed by atoms with van der Waals surface area (Å²) in [4.78, 5) is 0. The standard InChI is InChI=1S/C15H25F3O3/c1-19-13-6-4-12(5-7-13)14-20-9-11(10-21-14)3-2-8-15(16,17)18/h11-14H,2-10H2,1H3/t11-,12-,13-,14-. The summed E-state index contributed by atoms with van der Waals surface area (Å²) in [5, 5.41) is 0. The highest BCUT2D eigenvalue weighted by Crippen LogP contribution is 2.33. The minimum Gasteiger partial charge on any atom is -0.381 e. The molecule has 2 rings (SSSR count). The second-order valence-electron chi connectivity index (χ2n) is 6.18. The Morgan fingerprint density at radius 1 is 1.05 bits per heavy atom. The number of halogens is 3. The van der Waals surface area contributed by atoms with Crippen LogP contribution in [0.1, 0.15) is 44.9 Å². The molecule has 21 heavy (non-hydrogen) atoms. The van der Waals surface area contributed by atoms with Crippen LogP contribution in [0.25, 0.3) is 0 Å². The maximum Gasteiger partial charge on any atom is 0.389 e. The van der Waals surface area contributed by atoms with Crippen LogP contribution in [0.2, 0.25) is 0 Å². The molecule has 3 nitrogen and oxygen atoms in total. The minimum atomic E-state index is -4.06. The third kappa shape index (κ3) is 5.75. The summed E-state index contributed by atoms with van der Waals surface area (Å²) in [5.41, 5.74) is 0. The fourth-order valence-corrected chi connectivity index (χ4v) is 3.18. The van der Waals surface area contributed by atoms with Gasteiger partial charge >= 0.3 is 6.18 Å². The van der Waals surface area contributed by atoms with E-state index in [1.165, 1.54) is 0 Å². The molecule has 2 aliphatic rings. The molecule has 0 bridgehead atoms. The lowest BCUT2D eigenvalue weighted by Gasteiger charge is -2.37. The van der Waals surface area contributed by atoms with Crippen molar-refractivity contribution in [2.75, 3.05) is 20.3 Å². The predicted molar refractivity (Wildman–Crippen MR) is 71.8 cm³/mol. The zero-order valence-electron chi connectivity index (χ0n) is 12.5. The molecule has 0 aromatic rings. The van der Waals surface area contributed by atoms with Crippen molar-refractivity contribution in [3.05, 3.63) is 0 Å². The lowest BCUT2D eigenvalue weighted by molar-refractivity contribution is -0.231. The van der Waals surface area contributed by atoms with Gasteiger partial charge in [-0.25, -0.2) is 0 Å². The van der Waals surface area contributed by atoms with Crippen LogP contribution in [0.15, 0.2) is 0 Å². The summed E-state index contributed by atoms with van der Waals surface area (Å²) in [6.07, 6.45) is 0.185. The highest BCUT2D eigenvalue weighted by molar-refractivity contribution is 4.77. The Labute approximate surface area is 124 Å². The first kappa shape index (κ1) is 17.0. The number of hydrogen-bond acceptors (Lipinski definition) is 3. The Morgan fingerprint density at radius 2 is 1.67 bits per heavy atom. The third-order valence-electron chi connectivity index (χ3n) is 4.50. The van der Waals surface area contributed by atoms with Gasteiger partial charge in [0, 0.05) is 25.4 Å². The molecule has 1 aliphatic carbocycles. The molecule has 0 N–H and O–H groups in total. The van der Waals surface area contributed by atoms with Gasteiger partial charge in [0.1, 0.15) is 0 Å². The minimum absolute atomic E-state index is 0.0962. The molecule has 0 radical (unpaired) electrons. The normalized spacial score (nSPS) is 34.9. The van der Waals surface area contributed by atoms with E-state index in [1.807, 2.05) is 0 Å². The molecule has 1 heterocycles. The quantitative estimate of drug-likeness (QED) is 0.770. The molecule has 1 saturated carbocycles. The Balaban J connectivity index is 1.62. The fraction of sp³-hybridized carbons (Fsp3) is 1.00. The Hall–Kier alpha value is -0.330. The van der Waals surface area contributed by atoms with Crippen molar-refractivity contribution in [1.82, 2.24) is 0 Å². The molecule has 1 saturated heterocycles. The first-order valence-electron chi connectivity index (χ1n) is 7.80. The van der Waals surface area contributed by atoms with Gasteiger partial charge in [-0.2, -0.15) is 13.2 Å². The van der Waals surface area contributed by atoms with E-state index in [1.54, 1.807) is 7.11 Å². The van der Waals surface area contributed by atoms with Gasteiger partial charge in [-0.15, -0.1) is 0 Å². The van der Waals surface area contributed by atoms with Gasteiger partial charge in [0.05, 0.1) is 19.3 Å². The lowest BCUT2D eigenvalue weighted by atomic mass is 9.86. The highest BCUT2D eigenvalue weighted by Gasteiger charge is 2.33. The van der Waals surface area contributed by atoms with Gasteiger partial charge in [0.25, 0.3) is 0 Å². The maximum atomic E-state index is 12.1. The van der Waals surface area contributed by atoms with Crippen molar-refractivity contribution < 1.29 is 27.4 Å². The number of hydrogen-bond donors (Lipinski definition) is 0. The average Bonchev–Trinajstić information content (AvgIpc) is 2.47. The van der Waals surface area contributed by atoms with Gasteiger partial charge in [-0.1, -0.05) is 0 Å². The van der Waals surface area contributed by atoms with E-state index in [0.717, 1.165) is 25.7 Å². The van der Waals surface area contributed by atoms with E-state index < -0.39 is 12.6 Å². The van der Waals surface area contributed by atoms with E-state index >= 15 is 0 Å². The van der Waals surface area contributed by atoms with Crippen molar-refractivity contribution in [2.45, 2.75) is 63.5 Å². The maximum absolute atomic E-state index is 12.1. The summed E-state index contributed by atoms with van der Waals surface area (Å²) in [5.74, 6) is 0.492. The first-order chi connectivity index (χ1) is 9.98. The largest absolute Gasteiger partial charge is 0.389 e. The van der Waals surface area contributed by atoms with Crippen LogP contribution >= 0.6 is 0 Å². The van der Waals surface area contributed by atoms with Crippen LogP contribution in [0.5, 0.6) is 0 Å². The molecule has 1 aliphatic heterocycles. The molecule has 0 spiro atoms. The van der Waals surface area contributed by atoms with Crippen molar-refractivity contribution >= 4 is 0 Å². The third-order valence-corrected chi connectivity index (χ3v) is 4.50. The van der Waals surface area contributed by atoms with E-state index in [0.29, 0.717) is 31.7 Å². The molecule has 6 heteroatoms. The van der Waals surface area contributed by atoms with Gasteiger partial charge < -0.3 is 14.2 Å². The van der Waals surface area contributed by atoms with Gasteiger partial charge in [-0.3, -0.25) is 0 Å². The average molecular weight is 310 g/mol. The Bertz CT molecular complexity index is 293. The van der Waals surface area contributed by atoms with Crippen LogP contribution in [-0.4, -0.2) is 38.9 Å². The van der Waals surface area contributed by atoms with Crippen LogP contribution in [0.4, 0.5) is 13.2 Å². The van der Waals surface area contributed by atoms with E-state index in [4.69, 9.17) is 14.2 Å². The van der Waals surface area contributed by atoms with Gasteiger partial charge in [0.2, 0.25) is 0 Å². The Morgan fingerprint density at radius 3 is 2.19 bits per heavy atom. The second kappa shape index (κ2) is 7.79. The number of ether oxygens (including phenoxy) is 3. The molecule has 124 valence electrons. The molecule has 0 aromatic heterocycles. The second-order valence-corrected chi connectivity index (χ2v) is 6.18. The smallest absolute Gasteiger partial charge is 0.381 e. The lowest BCUT2D eigenvalue weighted by Crippen LogP contribution is -2.39. The van der Waals surface area contributed by atoms with Crippen LogP contribution in [0.3, 0.4) is 0 Å². The topological polar surface area (TPSA) is 27.7 Å². The van der Waals surface area contributed by atoms with Crippen LogP contribution < -0.4 is 0 Å². The fourth-order valence-electron chi connectivity index (χ4n) is 3.18.